The molecular formula is C19H36S3Sn. The average Bonchev–Trinajstić information content (AvgIpc) is 2.60. The van der Waals surface area contributed by atoms with Gasteiger partial charge in [-0.25, -0.2) is 0 Å². The van der Waals surface area contributed by atoms with Crippen LogP contribution in [0.1, 0.15) is 96.3 Å². The van der Waals surface area contributed by atoms with E-state index in [2.05, 4.69) is 4.94 Å². The monoisotopic (exact) mass is 480 g/mol. The molecule has 0 aromatic carbocycles. The predicted molar refractivity (Wildman–Crippen MR) is 114 cm³/mol. The van der Waals surface area contributed by atoms with Crippen LogP contribution in [-0.4, -0.2) is 38.3 Å². The van der Waals surface area contributed by atoms with Crippen molar-refractivity contribution in [3.63, 3.8) is 0 Å². The number of hydrogen-bond acceptors (Lipinski definition) is 3. The van der Waals surface area contributed by atoms with Crippen LogP contribution >= 0.6 is 0 Å². The molecule has 0 atom stereocenters. The molecule has 0 saturated heterocycles. The van der Waals surface area contributed by atoms with E-state index < -0.39 is 0 Å². The molecule has 0 aliphatic heterocycles. The van der Waals surface area contributed by atoms with E-state index in [9.17, 15) is 0 Å². The molecule has 0 N–H and O–H groups in total. The van der Waals surface area contributed by atoms with Crippen molar-refractivity contribution in [1.29, 1.82) is 0 Å². The third kappa shape index (κ3) is 17.0. The number of hydrogen-bond donors (Lipinski definition) is 0. The molecule has 3 aliphatic rings. The first kappa shape index (κ1) is 24.8. The van der Waals surface area contributed by atoms with E-state index in [1.165, 1.54) is 96.3 Å². The molecule has 0 radical (unpaired) electrons. The molecule has 0 aromatic rings. The van der Waals surface area contributed by atoms with Crippen LogP contribution in [-0.2, 0) is 37.9 Å². The van der Waals surface area contributed by atoms with Gasteiger partial charge in [0, 0.05) is 0 Å². The molecule has 3 saturated carbocycles. The topological polar surface area (TPSA) is 0 Å². The second-order valence-electron chi connectivity index (χ2n) is 6.78. The molecule has 0 aromatic heterocycles. The smallest absolute Gasteiger partial charge is 0.0534 e. The van der Waals surface area contributed by atoms with Gasteiger partial charge in [-0.1, -0.05) is 96.3 Å². The van der Waals surface area contributed by atoms with Gasteiger partial charge in [0.05, 0.1) is 0 Å². The van der Waals surface area contributed by atoms with Gasteiger partial charge in [0.15, 0.2) is 0 Å². The van der Waals surface area contributed by atoms with Crippen molar-refractivity contribution >= 4 is 60.4 Å². The predicted octanol–water partition coefficient (Wildman–Crippen LogP) is 5.80. The van der Waals surface area contributed by atoms with E-state index in [0.29, 0.717) is 15.7 Å². The van der Waals surface area contributed by atoms with Gasteiger partial charge in [-0.05, 0) is 0 Å². The Morgan fingerprint density at radius 2 is 0.609 bits per heavy atom. The summed E-state index contributed by atoms with van der Waals surface area (Å²) in [5, 5.41) is 1.86. The minimum Gasteiger partial charge on any atom is -0.789 e. The van der Waals surface area contributed by atoms with Gasteiger partial charge >= 0.3 is 27.5 Å². The van der Waals surface area contributed by atoms with Crippen molar-refractivity contribution in [1.82, 2.24) is 0 Å². The Hall–Kier alpha value is 1.85. The summed E-state index contributed by atoms with van der Waals surface area (Å²) in [6, 6.07) is 0. The Balaban J connectivity index is 0.000000299. The standard InChI is InChI=1S/3C6H12S.CH3.Sn/c3*7-6-4-2-1-3-5-6;;/h3*6-7H,1-5H2;1H3;/q;;;;+3/p-3. The first-order valence-corrected chi connectivity index (χ1v) is 13.9. The molecule has 134 valence electrons. The average molecular weight is 479 g/mol. The van der Waals surface area contributed by atoms with Crippen molar-refractivity contribution in [3.8, 4) is 0 Å². The van der Waals surface area contributed by atoms with E-state index in [4.69, 9.17) is 37.9 Å². The van der Waals surface area contributed by atoms with Gasteiger partial charge in [0.25, 0.3) is 0 Å². The van der Waals surface area contributed by atoms with Crippen LogP contribution in [0.15, 0.2) is 0 Å². The fourth-order valence-electron chi connectivity index (χ4n) is 3.20. The second-order valence-corrected chi connectivity index (χ2v) is 8.78. The molecule has 23 heavy (non-hydrogen) atoms. The van der Waals surface area contributed by atoms with Gasteiger partial charge in [-0.2, -0.15) is 15.7 Å². The second kappa shape index (κ2) is 18.6. The van der Waals surface area contributed by atoms with Crippen LogP contribution in [0, 0.1) is 0 Å². The largest absolute Gasteiger partial charge is 0.789 e. The van der Waals surface area contributed by atoms with E-state index in [1.54, 1.807) is 22.5 Å². The molecular weight excluding hydrogens is 443 g/mol. The SMILES string of the molecule is [CH3][Sn+3].[S-]C1CCCCC1.[S-]C1CCCCC1.[S-]C1CCCCC1. The van der Waals surface area contributed by atoms with E-state index in [1.807, 2.05) is 0 Å². The molecule has 4 heteroatoms. The Morgan fingerprint density at radius 1 is 0.435 bits per heavy atom. The van der Waals surface area contributed by atoms with Crippen LogP contribution < -0.4 is 0 Å². The Kier molecular flexibility index (Phi) is 20.1. The first-order chi connectivity index (χ1) is 11.2. The zero-order valence-electron chi connectivity index (χ0n) is 15.1. The summed E-state index contributed by atoms with van der Waals surface area (Å²) in [7, 11) is 0. The zero-order valence-corrected chi connectivity index (χ0v) is 20.4. The van der Waals surface area contributed by atoms with Crippen molar-refractivity contribution in [2.75, 3.05) is 0 Å². The third-order valence-electron chi connectivity index (χ3n) is 4.66. The van der Waals surface area contributed by atoms with Gasteiger partial charge in [-0.3, -0.25) is 0 Å². The van der Waals surface area contributed by atoms with Crippen LogP contribution in [0.3, 0.4) is 0 Å². The van der Waals surface area contributed by atoms with Gasteiger partial charge < -0.3 is 37.9 Å². The van der Waals surface area contributed by atoms with E-state index in [-0.39, 0.29) is 0 Å². The summed E-state index contributed by atoms with van der Waals surface area (Å²) < 4.78 is 0. The quantitative estimate of drug-likeness (QED) is 0.319. The molecule has 0 amide bonds. The minimum absolute atomic E-state index is 0.619. The Morgan fingerprint density at radius 3 is 0.696 bits per heavy atom. The van der Waals surface area contributed by atoms with Crippen LogP contribution in [0.5, 0.6) is 0 Å². The minimum atomic E-state index is 0.619. The molecule has 3 rings (SSSR count). The van der Waals surface area contributed by atoms with Crippen molar-refractivity contribution in [2.24, 2.45) is 0 Å². The van der Waals surface area contributed by atoms with Crippen LogP contribution in [0.4, 0.5) is 0 Å². The summed E-state index contributed by atoms with van der Waals surface area (Å²) in [5.74, 6) is 0. The maximum atomic E-state index is 5.09. The Bertz CT molecular complexity index is 183. The normalized spacial score (nSPS) is 23.4. The maximum Gasteiger partial charge on any atom is -0.0534 e. The Labute approximate surface area is 176 Å². The van der Waals surface area contributed by atoms with Crippen LogP contribution in [0.25, 0.3) is 0 Å². The molecule has 0 heterocycles. The molecule has 0 unspecified atom stereocenters. The summed E-state index contributed by atoms with van der Waals surface area (Å²) in [5.41, 5.74) is 0. The fourth-order valence-corrected chi connectivity index (χ4v) is 4.20. The summed E-state index contributed by atoms with van der Waals surface area (Å²) in [4.78, 5) is 2.09. The van der Waals surface area contributed by atoms with Crippen LogP contribution in [0.2, 0.25) is 4.94 Å². The third-order valence-corrected chi connectivity index (χ3v) is 6.07. The summed E-state index contributed by atoms with van der Waals surface area (Å²) >= 11 is 16.8. The van der Waals surface area contributed by atoms with Gasteiger partial charge in [0.2, 0.25) is 0 Å². The number of rotatable bonds is 0. The van der Waals surface area contributed by atoms with Crippen molar-refractivity contribution in [3.05, 3.63) is 0 Å². The maximum absolute atomic E-state index is 5.09. The molecule has 0 spiro atoms. The molecule has 3 aliphatic carbocycles. The molecule has 3 fully saturated rings. The molecule has 0 nitrogen and oxygen atoms in total. The van der Waals surface area contributed by atoms with Crippen molar-refractivity contribution in [2.45, 2.75) is 117 Å². The summed E-state index contributed by atoms with van der Waals surface area (Å²) in [6.45, 7) is 0. The summed E-state index contributed by atoms with van der Waals surface area (Å²) in [6.07, 6.45) is 20.4. The van der Waals surface area contributed by atoms with Gasteiger partial charge in [-0.15, -0.1) is 0 Å². The molecule has 0 bridgehead atoms. The first-order valence-electron chi connectivity index (χ1n) is 9.66. The zero-order chi connectivity index (χ0) is 17.3. The van der Waals surface area contributed by atoms with E-state index in [0.717, 1.165) is 0 Å². The van der Waals surface area contributed by atoms with Crippen molar-refractivity contribution < 1.29 is 0 Å². The van der Waals surface area contributed by atoms with Gasteiger partial charge in [0.1, 0.15) is 0 Å². The fraction of sp³-hybridized carbons (Fsp3) is 1.00. The van der Waals surface area contributed by atoms with E-state index >= 15 is 0 Å².